The molecule has 0 aliphatic rings. The van der Waals surface area contributed by atoms with E-state index in [2.05, 4.69) is 26.8 Å². The standard InChI is InChI=1S/C24H25BrN2O4/c1-14-11-20(25)12-15(2)22(14)31-17(4)24(29)27-26-23(28)16(3)30-21-10-9-18-7-5-6-8-19(18)13-21/h5-13,16-17H,1-4H3,(H,26,28)(H,27,29). The highest BCUT2D eigenvalue weighted by Crippen LogP contribution is 2.28. The summed E-state index contributed by atoms with van der Waals surface area (Å²) in [6, 6.07) is 17.3. The van der Waals surface area contributed by atoms with Gasteiger partial charge in [0.1, 0.15) is 11.5 Å². The van der Waals surface area contributed by atoms with E-state index in [9.17, 15) is 9.59 Å². The minimum Gasteiger partial charge on any atom is -0.481 e. The lowest BCUT2D eigenvalue weighted by Crippen LogP contribution is -2.50. The number of amides is 2. The molecule has 0 fully saturated rings. The van der Waals surface area contributed by atoms with Crippen LogP contribution in [-0.4, -0.2) is 24.0 Å². The van der Waals surface area contributed by atoms with E-state index in [1.165, 1.54) is 0 Å². The Labute approximate surface area is 190 Å². The summed E-state index contributed by atoms with van der Waals surface area (Å²) in [5.41, 5.74) is 6.61. The van der Waals surface area contributed by atoms with Crippen molar-refractivity contribution in [3.8, 4) is 11.5 Å². The first-order valence-electron chi connectivity index (χ1n) is 9.93. The lowest BCUT2D eigenvalue weighted by atomic mass is 10.1. The van der Waals surface area contributed by atoms with Crippen molar-refractivity contribution in [3.05, 3.63) is 70.2 Å². The summed E-state index contributed by atoms with van der Waals surface area (Å²) in [6.45, 7) is 7.05. The number of hydrogen-bond acceptors (Lipinski definition) is 4. The number of hydrogen-bond donors (Lipinski definition) is 2. The third-order valence-electron chi connectivity index (χ3n) is 4.80. The number of ether oxygens (including phenoxy) is 2. The molecule has 0 saturated heterocycles. The van der Waals surface area contributed by atoms with Gasteiger partial charge in [0, 0.05) is 4.47 Å². The van der Waals surface area contributed by atoms with E-state index in [1.54, 1.807) is 13.8 Å². The summed E-state index contributed by atoms with van der Waals surface area (Å²) in [6.07, 6.45) is -1.59. The number of hydrazine groups is 1. The van der Waals surface area contributed by atoms with Crippen LogP contribution in [0, 0.1) is 13.8 Å². The summed E-state index contributed by atoms with van der Waals surface area (Å²) in [4.78, 5) is 24.7. The van der Waals surface area contributed by atoms with E-state index >= 15 is 0 Å². The molecular formula is C24H25BrN2O4. The highest BCUT2D eigenvalue weighted by Gasteiger charge is 2.20. The highest BCUT2D eigenvalue weighted by molar-refractivity contribution is 9.10. The van der Waals surface area contributed by atoms with E-state index in [-0.39, 0.29) is 0 Å². The second kappa shape index (κ2) is 9.83. The molecule has 0 aliphatic carbocycles. The fourth-order valence-corrected chi connectivity index (χ4v) is 3.83. The van der Waals surface area contributed by atoms with Crippen LogP contribution in [-0.2, 0) is 9.59 Å². The maximum atomic E-state index is 12.4. The molecule has 2 N–H and O–H groups in total. The van der Waals surface area contributed by atoms with Crippen LogP contribution in [0.2, 0.25) is 0 Å². The number of carbonyl (C=O) groups is 2. The smallest absolute Gasteiger partial charge is 0.279 e. The summed E-state index contributed by atoms with van der Waals surface area (Å²) in [5.74, 6) is 0.286. The fraction of sp³-hybridized carbons (Fsp3) is 0.250. The molecular weight excluding hydrogens is 460 g/mol. The average molecular weight is 485 g/mol. The summed E-state index contributed by atoms with van der Waals surface area (Å²) in [5, 5.41) is 2.11. The van der Waals surface area contributed by atoms with Crippen molar-refractivity contribution in [1.82, 2.24) is 10.9 Å². The SMILES string of the molecule is Cc1cc(Br)cc(C)c1OC(C)C(=O)NNC(=O)C(C)Oc1ccc2ccccc2c1. The Bertz CT molecular complexity index is 1090. The van der Waals surface area contributed by atoms with E-state index < -0.39 is 24.0 Å². The van der Waals surface area contributed by atoms with Crippen LogP contribution in [0.3, 0.4) is 0 Å². The van der Waals surface area contributed by atoms with Gasteiger partial charge in [-0.1, -0.05) is 46.3 Å². The molecule has 162 valence electrons. The average Bonchev–Trinajstić information content (AvgIpc) is 2.73. The van der Waals surface area contributed by atoms with Gasteiger partial charge < -0.3 is 9.47 Å². The number of rotatable bonds is 6. The zero-order chi connectivity index (χ0) is 22.5. The van der Waals surface area contributed by atoms with Gasteiger partial charge in [0.05, 0.1) is 0 Å². The summed E-state index contributed by atoms with van der Waals surface area (Å²) >= 11 is 3.44. The third-order valence-corrected chi connectivity index (χ3v) is 5.26. The molecule has 0 saturated carbocycles. The molecule has 3 rings (SSSR count). The van der Waals surface area contributed by atoms with Crippen LogP contribution in [0.15, 0.2) is 59.1 Å². The quantitative estimate of drug-likeness (QED) is 0.501. The van der Waals surface area contributed by atoms with E-state index in [1.807, 2.05) is 68.4 Å². The van der Waals surface area contributed by atoms with Gasteiger partial charge in [-0.15, -0.1) is 0 Å². The first-order chi connectivity index (χ1) is 14.7. The molecule has 3 aromatic rings. The molecule has 2 amide bonds. The van der Waals surface area contributed by atoms with Crippen LogP contribution in [0.4, 0.5) is 0 Å². The van der Waals surface area contributed by atoms with Crippen LogP contribution in [0.25, 0.3) is 10.8 Å². The van der Waals surface area contributed by atoms with Gasteiger partial charge in [-0.05, 0) is 73.9 Å². The molecule has 0 aliphatic heterocycles. The normalized spacial score (nSPS) is 12.7. The van der Waals surface area contributed by atoms with Gasteiger partial charge >= 0.3 is 0 Å². The van der Waals surface area contributed by atoms with Crippen molar-refractivity contribution < 1.29 is 19.1 Å². The molecule has 0 radical (unpaired) electrons. The molecule has 31 heavy (non-hydrogen) atoms. The monoisotopic (exact) mass is 484 g/mol. The molecule has 0 heterocycles. The Balaban J connectivity index is 1.53. The Morgan fingerprint density at radius 2 is 1.35 bits per heavy atom. The number of carbonyl (C=O) groups excluding carboxylic acids is 2. The lowest BCUT2D eigenvalue weighted by Gasteiger charge is -2.19. The fourth-order valence-electron chi connectivity index (χ4n) is 3.14. The van der Waals surface area contributed by atoms with Gasteiger partial charge in [-0.25, -0.2) is 0 Å². The van der Waals surface area contributed by atoms with Crippen molar-refractivity contribution in [2.45, 2.75) is 39.9 Å². The number of halogens is 1. The third kappa shape index (κ3) is 5.76. The van der Waals surface area contributed by atoms with Gasteiger partial charge in [-0.2, -0.15) is 0 Å². The molecule has 2 atom stereocenters. The van der Waals surface area contributed by atoms with Crippen LogP contribution < -0.4 is 20.3 Å². The molecule has 3 aromatic carbocycles. The lowest BCUT2D eigenvalue weighted by molar-refractivity contribution is -0.135. The van der Waals surface area contributed by atoms with Crippen LogP contribution in [0.5, 0.6) is 11.5 Å². The van der Waals surface area contributed by atoms with Crippen LogP contribution >= 0.6 is 15.9 Å². The Kier molecular flexibility index (Phi) is 7.17. The van der Waals surface area contributed by atoms with Crippen molar-refractivity contribution in [2.75, 3.05) is 0 Å². The van der Waals surface area contributed by atoms with Crippen molar-refractivity contribution >= 4 is 38.5 Å². The zero-order valence-corrected chi connectivity index (χ0v) is 19.4. The Morgan fingerprint density at radius 3 is 1.97 bits per heavy atom. The van der Waals surface area contributed by atoms with Gasteiger partial charge in [0.2, 0.25) is 0 Å². The van der Waals surface area contributed by atoms with Gasteiger partial charge in [-0.3, -0.25) is 20.4 Å². The van der Waals surface area contributed by atoms with E-state index in [0.29, 0.717) is 11.5 Å². The second-order valence-electron chi connectivity index (χ2n) is 7.38. The van der Waals surface area contributed by atoms with Gasteiger partial charge in [0.25, 0.3) is 11.8 Å². The summed E-state index contributed by atoms with van der Waals surface area (Å²) < 4.78 is 12.5. The van der Waals surface area contributed by atoms with Crippen molar-refractivity contribution in [1.29, 1.82) is 0 Å². The first kappa shape index (κ1) is 22.6. The Morgan fingerprint density at radius 1 is 0.806 bits per heavy atom. The predicted octanol–water partition coefficient (Wildman–Crippen LogP) is 4.60. The second-order valence-corrected chi connectivity index (χ2v) is 8.29. The minimum atomic E-state index is -0.798. The zero-order valence-electron chi connectivity index (χ0n) is 17.9. The van der Waals surface area contributed by atoms with E-state index in [0.717, 1.165) is 26.4 Å². The molecule has 7 heteroatoms. The number of aryl methyl sites for hydroxylation is 2. The van der Waals surface area contributed by atoms with E-state index in [4.69, 9.17) is 9.47 Å². The van der Waals surface area contributed by atoms with Crippen molar-refractivity contribution in [3.63, 3.8) is 0 Å². The number of nitrogens with one attached hydrogen (secondary N) is 2. The molecule has 6 nitrogen and oxygen atoms in total. The number of benzene rings is 3. The Hall–Kier alpha value is -3.06. The minimum absolute atomic E-state index is 0.465. The van der Waals surface area contributed by atoms with Gasteiger partial charge in [0.15, 0.2) is 12.2 Å². The predicted molar refractivity (Wildman–Crippen MR) is 124 cm³/mol. The maximum Gasteiger partial charge on any atom is 0.279 e. The number of fused-ring (bicyclic) bond motifs is 1. The molecule has 2 unspecified atom stereocenters. The molecule has 0 spiro atoms. The van der Waals surface area contributed by atoms with Crippen molar-refractivity contribution in [2.24, 2.45) is 0 Å². The van der Waals surface area contributed by atoms with Crippen LogP contribution in [0.1, 0.15) is 25.0 Å². The summed E-state index contributed by atoms with van der Waals surface area (Å²) in [7, 11) is 0. The molecule has 0 bridgehead atoms. The maximum absolute atomic E-state index is 12.4. The molecule has 0 aromatic heterocycles. The topological polar surface area (TPSA) is 76.7 Å². The largest absolute Gasteiger partial charge is 0.481 e. The highest BCUT2D eigenvalue weighted by atomic mass is 79.9. The first-order valence-corrected chi connectivity index (χ1v) is 10.7.